The zero-order chi connectivity index (χ0) is 22.8. The average molecular weight is 499 g/mol. The molecule has 168 valence electrons. The fraction of sp³-hybridized carbons (Fsp3) is 0.200. The van der Waals surface area contributed by atoms with Crippen molar-refractivity contribution >= 4 is 51.7 Å². The Balaban J connectivity index is 1.40. The lowest BCUT2D eigenvalue weighted by Gasteiger charge is -2.12. The molecule has 3 aromatic heterocycles. The maximum absolute atomic E-state index is 13.1. The molecule has 1 aromatic carbocycles. The molecule has 33 heavy (non-hydrogen) atoms. The van der Waals surface area contributed by atoms with Crippen molar-refractivity contribution in [3.8, 4) is 11.3 Å². The molecule has 1 aliphatic rings. The molecule has 3 heterocycles. The second kappa shape index (κ2) is 9.59. The van der Waals surface area contributed by atoms with Crippen molar-refractivity contribution in [1.29, 1.82) is 0 Å². The van der Waals surface area contributed by atoms with Gasteiger partial charge >= 0.3 is 0 Å². The summed E-state index contributed by atoms with van der Waals surface area (Å²) in [7, 11) is 0. The van der Waals surface area contributed by atoms with Gasteiger partial charge in [0.25, 0.3) is 5.91 Å². The van der Waals surface area contributed by atoms with Gasteiger partial charge in [0, 0.05) is 15.5 Å². The molecule has 1 N–H and O–H groups in total. The molecule has 1 amide bonds. The molecule has 0 radical (unpaired) electrons. The summed E-state index contributed by atoms with van der Waals surface area (Å²) in [5.41, 5.74) is 2.53. The number of aryl methyl sites for hydroxylation is 1. The van der Waals surface area contributed by atoms with Crippen molar-refractivity contribution in [3.63, 3.8) is 0 Å². The molecule has 4 aromatic rings. The van der Waals surface area contributed by atoms with Crippen molar-refractivity contribution in [2.24, 2.45) is 4.99 Å². The van der Waals surface area contributed by atoms with E-state index in [0.29, 0.717) is 44.4 Å². The summed E-state index contributed by atoms with van der Waals surface area (Å²) < 4.78 is 11.3. The van der Waals surface area contributed by atoms with Crippen molar-refractivity contribution in [2.45, 2.75) is 32.2 Å². The minimum atomic E-state index is -0.133. The number of halogens is 2. The van der Waals surface area contributed by atoms with Gasteiger partial charge in [-0.15, -0.1) is 11.3 Å². The zero-order valence-electron chi connectivity index (χ0n) is 17.6. The van der Waals surface area contributed by atoms with E-state index >= 15 is 0 Å². The van der Waals surface area contributed by atoms with Gasteiger partial charge in [0.1, 0.15) is 22.3 Å². The molecule has 1 aliphatic carbocycles. The highest BCUT2D eigenvalue weighted by atomic mass is 35.5. The summed E-state index contributed by atoms with van der Waals surface area (Å²) in [5.74, 6) is 1.77. The first-order valence-electron chi connectivity index (χ1n) is 10.6. The van der Waals surface area contributed by atoms with E-state index in [1.54, 1.807) is 42.0 Å². The predicted octanol–water partition coefficient (Wildman–Crippen LogP) is 7.47. The van der Waals surface area contributed by atoms with E-state index in [0.717, 1.165) is 36.8 Å². The maximum atomic E-state index is 13.1. The monoisotopic (exact) mass is 498 g/mol. The normalized spacial score (nSPS) is 13.4. The second-order valence-electron chi connectivity index (χ2n) is 7.74. The van der Waals surface area contributed by atoms with Crippen molar-refractivity contribution in [3.05, 3.63) is 86.3 Å². The van der Waals surface area contributed by atoms with Crippen LogP contribution in [0.1, 0.15) is 45.2 Å². The lowest BCUT2D eigenvalue weighted by molar-refractivity contribution is 0.0948. The SMILES string of the molecule is O=C(NCc1ccco1)c1c(N=Cc2ccc(-c3ccc(Cl)cc3Cl)o2)sc2c1CCCC2. The Morgan fingerprint density at radius 2 is 2.03 bits per heavy atom. The number of nitrogens with zero attached hydrogens (tertiary/aromatic N) is 1. The molecule has 0 atom stereocenters. The highest BCUT2D eigenvalue weighted by Crippen LogP contribution is 2.40. The number of fused-ring (bicyclic) bond motifs is 1. The summed E-state index contributed by atoms with van der Waals surface area (Å²) in [6, 6.07) is 12.6. The van der Waals surface area contributed by atoms with Crippen LogP contribution in [-0.2, 0) is 19.4 Å². The number of aliphatic imine (C=N–C) groups is 1. The van der Waals surface area contributed by atoms with Crippen molar-refractivity contribution < 1.29 is 13.6 Å². The van der Waals surface area contributed by atoms with Crippen LogP contribution in [0, 0.1) is 0 Å². The quantitative estimate of drug-likeness (QED) is 0.280. The topological polar surface area (TPSA) is 67.7 Å². The molecule has 5 nitrogen and oxygen atoms in total. The zero-order valence-corrected chi connectivity index (χ0v) is 19.9. The fourth-order valence-electron chi connectivity index (χ4n) is 3.92. The van der Waals surface area contributed by atoms with Crippen LogP contribution < -0.4 is 5.32 Å². The minimum Gasteiger partial charge on any atom is -0.467 e. The Labute approximate surface area is 205 Å². The van der Waals surface area contributed by atoms with Crippen LogP contribution in [0.4, 0.5) is 5.00 Å². The van der Waals surface area contributed by atoms with E-state index < -0.39 is 0 Å². The number of benzene rings is 1. The van der Waals surface area contributed by atoms with Gasteiger partial charge in [0.2, 0.25) is 0 Å². The number of rotatable bonds is 6. The summed E-state index contributed by atoms with van der Waals surface area (Å²) in [5, 5.41) is 4.74. The molecule has 0 bridgehead atoms. The molecular weight excluding hydrogens is 479 g/mol. The summed E-state index contributed by atoms with van der Waals surface area (Å²) >= 11 is 13.9. The molecule has 0 aliphatic heterocycles. The van der Waals surface area contributed by atoms with Crippen LogP contribution in [0.5, 0.6) is 0 Å². The second-order valence-corrected chi connectivity index (χ2v) is 9.66. The number of carbonyl (C=O) groups excluding carboxylic acids is 1. The largest absolute Gasteiger partial charge is 0.467 e. The average Bonchev–Trinajstić information content (AvgIpc) is 3.55. The minimum absolute atomic E-state index is 0.133. The number of amides is 1. The number of hydrogen-bond donors (Lipinski definition) is 1. The Hall–Kier alpha value is -2.80. The highest BCUT2D eigenvalue weighted by molar-refractivity contribution is 7.16. The standard InChI is InChI=1S/C25H20Cl2N2O3S/c26-15-7-9-18(20(27)12-15)21-10-8-17(32-21)14-29-25-23(19-5-1-2-6-22(19)33-25)24(30)28-13-16-4-3-11-31-16/h3-4,7-12,14H,1-2,5-6,13H2,(H,28,30). The van der Waals surface area contributed by atoms with Gasteiger partial charge in [0.05, 0.1) is 29.6 Å². The first kappa shape index (κ1) is 22.0. The Morgan fingerprint density at radius 3 is 2.85 bits per heavy atom. The lowest BCUT2D eigenvalue weighted by atomic mass is 9.95. The first-order chi connectivity index (χ1) is 16.1. The van der Waals surface area contributed by atoms with Gasteiger partial charge in [-0.25, -0.2) is 4.99 Å². The van der Waals surface area contributed by atoms with Gasteiger partial charge in [-0.3, -0.25) is 4.79 Å². The molecule has 0 fully saturated rings. The van der Waals surface area contributed by atoms with Crippen LogP contribution in [-0.4, -0.2) is 12.1 Å². The Kier molecular flexibility index (Phi) is 6.40. The van der Waals surface area contributed by atoms with Gasteiger partial charge in [0.15, 0.2) is 0 Å². The van der Waals surface area contributed by atoms with Crippen LogP contribution in [0.15, 0.2) is 62.6 Å². The number of thiophene rings is 1. The van der Waals surface area contributed by atoms with E-state index in [1.165, 1.54) is 4.88 Å². The van der Waals surface area contributed by atoms with Crippen LogP contribution in [0.2, 0.25) is 10.0 Å². The predicted molar refractivity (Wildman–Crippen MR) is 132 cm³/mol. The van der Waals surface area contributed by atoms with Gasteiger partial charge in [-0.1, -0.05) is 23.2 Å². The number of hydrogen-bond acceptors (Lipinski definition) is 5. The van der Waals surface area contributed by atoms with Gasteiger partial charge in [-0.2, -0.15) is 0 Å². The summed E-state index contributed by atoms with van der Waals surface area (Å²) in [6.45, 7) is 0.336. The van der Waals surface area contributed by atoms with Crippen LogP contribution in [0.25, 0.3) is 11.3 Å². The number of nitrogens with one attached hydrogen (secondary N) is 1. The van der Waals surface area contributed by atoms with Gasteiger partial charge < -0.3 is 14.2 Å². The summed E-state index contributed by atoms with van der Waals surface area (Å²) in [6.07, 6.45) is 7.33. The van der Waals surface area contributed by atoms with E-state index in [1.807, 2.05) is 24.3 Å². The fourth-order valence-corrected chi connectivity index (χ4v) is 5.66. The molecule has 0 saturated carbocycles. The maximum Gasteiger partial charge on any atom is 0.255 e. The Morgan fingerprint density at radius 1 is 1.15 bits per heavy atom. The summed E-state index contributed by atoms with van der Waals surface area (Å²) in [4.78, 5) is 19.0. The number of carbonyl (C=O) groups is 1. The highest BCUT2D eigenvalue weighted by Gasteiger charge is 2.25. The Bertz CT molecular complexity index is 1320. The van der Waals surface area contributed by atoms with Crippen molar-refractivity contribution in [2.75, 3.05) is 0 Å². The van der Waals surface area contributed by atoms with Crippen LogP contribution >= 0.6 is 34.5 Å². The molecule has 8 heteroatoms. The third kappa shape index (κ3) is 4.78. The van der Waals surface area contributed by atoms with Crippen LogP contribution in [0.3, 0.4) is 0 Å². The van der Waals surface area contributed by atoms with E-state index in [4.69, 9.17) is 32.0 Å². The third-order valence-electron chi connectivity index (χ3n) is 5.52. The van der Waals surface area contributed by atoms with Gasteiger partial charge in [-0.05, 0) is 73.7 Å². The molecule has 5 rings (SSSR count). The molecular formula is C25H20Cl2N2O3S. The van der Waals surface area contributed by atoms with E-state index in [9.17, 15) is 4.79 Å². The van der Waals surface area contributed by atoms with E-state index in [2.05, 4.69) is 10.3 Å². The first-order valence-corrected chi connectivity index (χ1v) is 12.2. The molecule has 0 saturated heterocycles. The van der Waals surface area contributed by atoms with E-state index in [-0.39, 0.29) is 5.91 Å². The molecule has 0 spiro atoms. The lowest BCUT2D eigenvalue weighted by Crippen LogP contribution is -2.23. The third-order valence-corrected chi connectivity index (χ3v) is 7.26. The van der Waals surface area contributed by atoms with Crippen molar-refractivity contribution in [1.82, 2.24) is 5.32 Å². The molecule has 0 unspecified atom stereocenters. The number of furan rings is 2. The smallest absolute Gasteiger partial charge is 0.255 e.